The van der Waals surface area contributed by atoms with Crippen molar-refractivity contribution in [3.8, 4) is 17.1 Å². The van der Waals surface area contributed by atoms with Gasteiger partial charge in [-0.05, 0) is 32.4 Å². The molecule has 0 aliphatic carbocycles. The lowest BCUT2D eigenvalue weighted by Gasteiger charge is -2.12. The summed E-state index contributed by atoms with van der Waals surface area (Å²) >= 11 is 0. The number of benzene rings is 1. The van der Waals surface area contributed by atoms with Crippen LogP contribution in [0.4, 0.5) is 4.39 Å². The van der Waals surface area contributed by atoms with E-state index in [0.717, 1.165) is 6.42 Å². The molecule has 0 radical (unpaired) electrons. The van der Waals surface area contributed by atoms with Gasteiger partial charge < -0.3 is 14.6 Å². The summed E-state index contributed by atoms with van der Waals surface area (Å²) in [7, 11) is 0. The number of halogens is 1. The lowest BCUT2D eigenvalue weighted by atomic mass is 10.1. The van der Waals surface area contributed by atoms with Crippen molar-refractivity contribution < 1.29 is 18.4 Å². The Bertz CT molecular complexity index is 941. The Morgan fingerprint density at radius 3 is 2.92 bits per heavy atom. The zero-order valence-corrected chi connectivity index (χ0v) is 14.7. The van der Waals surface area contributed by atoms with Crippen molar-refractivity contribution in [2.45, 2.75) is 33.2 Å². The van der Waals surface area contributed by atoms with E-state index in [0.29, 0.717) is 22.5 Å². The van der Waals surface area contributed by atoms with Gasteiger partial charge in [-0.15, -0.1) is 0 Å². The third-order valence-corrected chi connectivity index (χ3v) is 3.87. The number of rotatable bonds is 6. The maximum absolute atomic E-state index is 13.6. The number of nitrogens with zero attached hydrogens (tertiary/aromatic N) is 3. The number of carbonyl (C=O) groups excluding carboxylic acids is 1. The Kier molecular flexibility index (Phi) is 5.11. The van der Waals surface area contributed by atoms with Crippen LogP contribution in [0, 0.1) is 12.7 Å². The molecule has 7 nitrogen and oxygen atoms in total. The molecule has 3 aromatic rings. The van der Waals surface area contributed by atoms with Gasteiger partial charge in [0.25, 0.3) is 11.6 Å². The Labute approximate surface area is 149 Å². The van der Waals surface area contributed by atoms with Gasteiger partial charge in [0.2, 0.25) is 5.88 Å². The van der Waals surface area contributed by atoms with Crippen LogP contribution in [0.2, 0.25) is 0 Å². The Morgan fingerprint density at radius 2 is 2.19 bits per heavy atom. The molecule has 0 aliphatic rings. The maximum Gasteiger partial charge on any atom is 0.265 e. The van der Waals surface area contributed by atoms with E-state index in [1.54, 1.807) is 19.1 Å². The highest BCUT2D eigenvalue weighted by Crippen LogP contribution is 2.33. The van der Waals surface area contributed by atoms with Crippen molar-refractivity contribution in [2.75, 3.05) is 6.61 Å². The number of fused-ring (bicyclic) bond motifs is 1. The van der Waals surface area contributed by atoms with Crippen molar-refractivity contribution in [1.29, 1.82) is 0 Å². The predicted molar refractivity (Wildman–Crippen MR) is 93.1 cm³/mol. The molecule has 136 valence electrons. The highest BCUT2D eigenvalue weighted by Gasteiger charge is 2.20. The van der Waals surface area contributed by atoms with E-state index >= 15 is 0 Å². The van der Waals surface area contributed by atoms with E-state index < -0.39 is 5.82 Å². The van der Waals surface area contributed by atoms with Crippen molar-refractivity contribution >= 4 is 17.0 Å². The third-order valence-electron chi connectivity index (χ3n) is 3.87. The number of nitrogens with one attached hydrogen (secondary N) is 1. The summed E-state index contributed by atoms with van der Waals surface area (Å²) in [6.45, 7) is 5.36. The Morgan fingerprint density at radius 1 is 1.38 bits per heavy atom. The summed E-state index contributed by atoms with van der Waals surface area (Å²) in [6.07, 6.45) is 0.817. The first-order chi connectivity index (χ1) is 12.5. The first kappa shape index (κ1) is 17.8. The van der Waals surface area contributed by atoms with Gasteiger partial charge >= 0.3 is 0 Å². The fourth-order valence-electron chi connectivity index (χ4n) is 2.42. The van der Waals surface area contributed by atoms with Gasteiger partial charge in [0.05, 0.1) is 0 Å². The lowest BCUT2D eigenvalue weighted by Crippen LogP contribution is -2.35. The standard InChI is InChI=1S/C18H19FN4O3/c1-4-10(2)20-14(24)9-25-17-15-16(12-6-5-7-13(19)8-12)23-26-18(15)22-11(3)21-17/h5-8,10H,4,9H2,1-3H3,(H,20,24)/t10-/m0/s1. The summed E-state index contributed by atoms with van der Waals surface area (Å²) < 4.78 is 24.4. The fourth-order valence-corrected chi connectivity index (χ4v) is 2.42. The largest absolute Gasteiger partial charge is 0.467 e. The van der Waals surface area contributed by atoms with Crippen molar-refractivity contribution in [3.05, 3.63) is 35.9 Å². The van der Waals surface area contributed by atoms with Crippen LogP contribution in [0.3, 0.4) is 0 Å². The molecule has 0 saturated carbocycles. The molecule has 0 aliphatic heterocycles. The SMILES string of the molecule is CC[C@H](C)NC(=O)COc1nc(C)nc2onc(-c3cccc(F)c3)c12. The molecular formula is C18H19FN4O3. The Hall–Kier alpha value is -3.03. The highest BCUT2D eigenvalue weighted by molar-refractivity contribution is 5.93. The van der Waals surface area contributed by atoms with Crippen LogP contribution in [-0.4, -0.2) is 33.7 Å². The molecule has 1 atom stereocenters. The molecule has 0 unspecified atom stereocenters. The van der Waals surface area contributed by atoms with E-state index in [1.165, 1.54) is 12.1 Å². The summed E-state index contributed by atoms with van der Waals surface area (Å²) in [6, 6.07) is 5.98. The van der Waals surface area contributed by atoms with Gasteiger partial charge in [-0.2, -0.15) is 9.97 Å². The van der Waals surface area contributed by atoms with Crippen molar-refractivity contribution in [2.24, 2.45) is 0 Å². The molecule has 3 rings (SSSR count). The molecule has 8 heteroatoms. The average Bonchev–Trinajstić information content (AvgIpc) is 3.03. The maximum atomic E-state index is 13.6. The van der Waals surface area contributed by atoms with Gasteiger partial charge in [0, 0.05) is 11.6 Å². The fraction of sp³-hybridized carbons (Fsp3) is 0.333. The molecule has 2 heterocycles. The minimum atomic E-state index is -0.401. The van der Waals surface area contributed by atoms with Crippen LogP contribution < -0.4 is 10.1 Å². The second-order valence-corrected chi connectivity index (χ2v) is 5.96. The second kappa shape index (κ2) is 7.47. The topological polar surface area (TPSA) is 90.1 Å². The van der Waals surface area contributed by atoms with Gasteiger partial charge in [0.15, 0.2) is 6.61 Å². The summed E-state index contributed by atoms with van der Waals surface area (Å²) in [5.41, 5.74) is 1.08. The number of hydrogen-bond donors (Lipinski definition) is 1. The highest BCUT2D eigenvalue weighted by atomic mass is 19.1. The number of ether oxygens (including phenoxy) is 1. The molecule has 26 heavy (non-hydrogen) atoms. The zero-order chi connectivity index (χ0) is 18.7. The zero-order valence-electron chi connectivity index (χ0n) is 14.7. The quantitative estimate of drug-likeness (QED) is 0.728. The summed E-state index contributed by atoms with van der Waals surface area (Å²) in [5.74, 6) is -0.0707. The first-order valence-electron chi connectivity index (χ1n) is 8.30. The number of carbonyl (C=O) groups is 1. The second-order valence-electron chi connectivity index (χ2n) is 5.96. The molecule has 2 aromatic heterocycles. The summed E-state index contributed by atoms with van der Waals surface area (Å²) in [5, 5.41) is 7.19. The van der Waals surface area contributed by atoms with Gasteiger partial charge in [-0.25, -0.2) is 4.39 Å². The number of hydrogen-bond acceptors (Lipinski definition) is 6. The smallest absolute Gasteiger partial charge is 0.265 e. The lowest BCUT2D eigenvalue weighted by molar-refractivity contribution is -0.123. The van der Waals surface area contributed by atoms with E-state index in [4.69, 9.17) is 9.26 Å². The van der Waals surface area contributed by atoms with E-state index in [1.807, 2.05) is 13.8 Å². The normalized spacial score (nSPS) is 12.2. The van der Waals surface area contributed by atoms with Crippen LogP contribution in [0.15, 0.2) is 28.8 Å². The van der Waals surface area contributed by atoms with E-state index in [-0.39, 0.29) is 30.1 Å². The van der Waals surface area contributed by atoms with Gasteiger partial charge in [-0.1, -0.05) is 24.2 Å². The minimum Gasteiger partial charge on any atom is -0.467 e. The third kappa shape index (κ3) is 3.79. The molecular weight excluding hydrogens is 339 g/mol. The predicted octanol–water partition coefficient (Wildman–Crippen LogP) is 3.03. The van der Waals surface area contributed by atoms with Crippen molar-refractivity contribution in [1.82, 2.24) is 20.4 Å². The van der Waals surface area contributed by atoms with Crippen LogP contribution in [-0.2, 0) is 4.79 Å². The minimum absolute atomic E-state index is 0.0525. The van der Waals surface area contributed by atoms with E-state index in [2.05, 4.69) is 20.4 Å². The molecule has 1 N–H and O–H groups in total. The van der Waals surface area contributed by atoms with Crippen LogP contribution in [0.1, 0.15) is 26.1 Å². The van der Waals surface area contributed by atoms with Crippen molar-refractivity contribution in [3.63, 3.8) is 0 Å². The van der Waals surface area contributed by atoms with Crippen LogP contribution >= 0.6 is 0 Å². The Balaban J connectivity index is 1.94. The molecule has 0 fully saturated rings. The molecule has 1 amide bonds. The van der Waals surface area contributed by atoms with Gasteiger partial charge in [-0.3, -0.25) is 4.79 Å². The first-order valence-corrected chi connectivity index (χ1v) is 8.30. The molecule has 0 saturated heterocycles. The number of amides is 1. The van der Waals surface area contributed by atoms with E-state index in [9.17, 15) is 9.18 Å². The van der Waals surface area contributed by atoms with Gasteiger partial charge in [0.1, 0.15) is 22.7 Å². The number of aromatic nitrogens is 3. The average molecular weight is 358 g/mol. The molecule has 0 bridgehead atoms. The van der Waals surface area contributed by atoms with Crippen LogP contribution in [0.5, 0.6) is 5.88 Å². The molecule has 0 spiro atoms. The van der Waals surface area contributed by atoms with Crippen LogP contribution in [0.25, 0.3) is 22.4 Å². The monoisotopic (exact) mass is 358 g/mol. The number of aryl methyl sites for hydroxylation is 1. The summed E-state index contributed by atoms with van der Waals surface area (Å²) in [4.78, 5) is 20.4. The molecule has 1 aromatic carbocycles.